The van der Waals surface area contributed by atoms with Crippen molar-refractivity contribution in [2.24, 2.45) is 11.8 Å². The number of methoxy groups -OCH3 is 1. The Morgan fingerprint density at radius 1 is 1.06 bits per heavy atom. The number of para-hydroxylation sites is 1. The molecule has 4 aromatic rings. The van der Waals surface area contributed by atoms with Gasteiger partial charge in [-0.15, -0.1) is 0 Å². The van der Waals surface area contributed by atoms with Crippen molar-refractivity contribution in [2.45, 2.75) is 45.3 Å². The van der Waals surface area contributed by atoms with Crippen LogP contribution in [-0.4, -0.2) is 41.1 Å². The molecule has 0 saturated carbocycles. The molecule has 5 heterocycles. The van der Waals surface area contributed by atoms with Crippen molar-refractivity contribution < 1.29 is 9.47 Å². The molecule has 0 spiro atoms. The summed E-state index contributed by atoms with van der Waals surface area (Å²) in [4.78, 5) is 12.2. The Labute approximate surface area is 207 Å². The van der Waals surface area contributed by atoms with Crippen LogP contribution in [0.2, 0.25) is 0 Å². The van der Waals surface area contributed by atoms with Crippen molar-refractivity contribution in [3.63, 3.8) is 0 Å². The van der Waals surface area contributed by atoms with Gasteiger partial charge in [0.1, 0.15) is 11.9 Å². The van der Waals surface area contributed by atoms with E-state index in [9.17, 15) is 0 Å². The first kappa shape index (κ1) is 22.3. The number of piperidine rings is 3. The zero-order chi connectivity index (χ0) is 23.9. The fourth-order valence-corrected chi connectivity index (χ4v) is 6.34. The summed E-state index contributed by atoms with van der Waals surface area (Å²) in [5, 5.41) is 2.26. The zero-order valence-corrected chi connectivity index (χ0v) is 20.8. The summed E-state index contributed by atoms with van der Waals surface area (Å²) in [6, 6.07) is 18.9. The van der Waals surface area contributed by atoms with Gasteiger partial charge in [-0.3, -0.25) is 9.88 Å². The lowest BCUT2D eigenvalue weighted by atomic mass is 9.72. The van der Waals surface area contributed by atoms with Gasteiger partial charge in [-0.05, 0) is 74.0 Å². The number of ether oxygens (including phenoxy) is 2. The lowest BCUT2D eigenvalue weighted by Gasteiger charge is -2.51. The third-order valence-electron chi connectivity index (χ3n) is 8.25. The van der Waals surface area contributed by atoms with Gasteiger partial charge < -0.3 is 9.47 Å². The molecule has 0 N–H and O–H groups in total. The topological polar surface area (TPSA) is 47.5 Å². The SMILES string of the molecule is CC[C@@H]1CN2CC[C@H]1C[C@@H]2[C@H](Oc1cc(C)c2ccccc2n1)c1ccnc2ccc(OC)cc12. The van der Waals surface area contributed by atoms with E-state index in [1.165, 1.54) is 23.8 Å². The maximum absolute atomic E-state index is 6.91. The number of nitrogens with zero attached hydrogens (tertiary/aromatic N) is 3. The van der Waals surface area contributed by atoms with E-state index in [2.05, 4.69) is 60.1 Å². The average Bonchev–Trinajstić information content (AvgIpc) is 2.91. The molecule has 2 aromatic carbocycles. The molecule has 0 radical (unpaired) electrons. The normalized spacial score (nSPS) is 24.5. The monoisotopic (exact) mass is 467 g/mol. The van der Waals surface area contributed by atoms with Gasteiger partial charge in [0.25, 0.3) is 0 Å². The Bertz CT molecular complexity index is 1370. The number of hydrogen-bond acceptors (Lipinski definition) is 5. The van der Waals surface area contributed by atoms with Gasteiger partial charge in [-0.1, -0.05) is 31.5 Å². The second kappa shape index (κ2) is 9.12. The number of hydrogen-bond donors (Lipinski definition) is 0. The minimum absolute atomic E-state index is 0.138. The molecular formula is C30H33N3O2. The van der Waals surface area contributed by atoms with Crippen molar-refractivity contribution in [1.82, 2.24) is 14.9 Å². The molecular weight excluding hydrogens is 434 g/mol. The average molecular weight is 468 g/mol. The highest BCUT2D eigenvalue weighted by Gasteiger charge is 2.44. The highest BCUT2D eigenvalue weighted by atomic mass is 16.5. The van der Waals surface area contributed by atoms with Crippen molar-refractivity contribution in [3.8, 4) is 11.6 Å². The molecule has 1 unspecified atom stereocenters. The Kier molecular flexibility index (Phi) is 5.81. The van der Waals surface area contributed by atoms with Crippen LogP contribution in [-0.2, 0) is 0 Å². The fourth-order valence-electron chi connectivity index (χ4n) is 6.34. The summed E-state index contributed by atoms with van der Waals surface area (Å²) in [6.07, 6.45) is 5.47. The van der Waals surface area contributed by atoms with Crippen LogP contribution in [0.1, 0.15) is 43.4 Å². The van der Waals surface area contributed by atoms with Crippen molar-refractivity contribution >= 4 is 21.8 Å². The third kappa shape index (κ3) is 4.02. The lowest BCUT2D eigenvalue weighted by molar-refractivity contribution is -0.0492. The molecule has 180 valence electrons. The summed E-state index contributed by atoms with van der Waals surface area (Å²) in [6.45, 7) is 6.76. The minimum atomic E-state index is -0.138. The van der Waals surface area contributed by atoms with E-state index in [-0.39, 0.29) is 6.10 Å². The Morgan fingerprint density at radius 2 is 1.94 bits per heavy atom. The van der Waals surface area contributed by atoms with Gasteiger partial charge in [0.2, 0.25) is 5.88 Å². The highest BCUT2D eigenvalue weighted by Crippen LogP contribution is 2.44. The molecule has 7 rings (SSSR count). The Morgan fingerprint density at radius 3 is 2.74 bits per heavy atom. The molecule has 0 amide bonds. The maximum Gasteiger partial charge on any atom is 0.214 e. The van der Waals surface area contributed by atoms with E-state index in [4.69, 9.17) is 14.5 Å². The van der Waals surface area contributed by atoms with Crippen LogP contribution in [0, 0.1) is 18.8 Å². The van der Waals surface area contributed by atoms with E-state index >= 15 is 0 Å². The van der Waals surface area contributed by atoms with Crippen LogP contribution in [0.15, 0.2) is 60.8 Å². The van der Waals surface area contributed by atoms with Crippen LogP contribution < -0.4 is 9.47 Å². The number of aromatic nitrogens is 2. The van der Waals surface area contributed by atoms with Gasteiger partial charge in [-0.2, -0.15) is 0 Å². The van der Waals surface area contributed by atoms with Crippen LogP contribution in [0.4, 0.5) is 0 Å². The van der Waals surface area contributed by atoms with Crippen LogP contribution in [0.3, 0.4) is 0 Å². The summed E-state index contributed by atoms with van der Waals surface area (Å²) < 4.78 is 12.5. The van der Waals surface area contributed by atoms with E-state index in [1.807, 2.05) is 24.4 Å². The van der Waals surface area contributed by atoms with Crippen molar-refractivity contribution in [2.75, 3.05) is 20.2 Å². The summed E-state index contributed by atoms with van der Waals surface area (Å²) >= 11 is 0. The molecule has 2 bridgehead atoms. The molecule has 5 atom stereocenters. The predicted molar refractivity (Wildman–Crippen MR) is 140 cm³/mol. The smallest absolute Gasteiger partial charge is 0.214 e. The minimum Gasteiger partial charge on any atom is -0.497 e. The summed E-state index contributed by atoms with van der Waals surface area (Å²) in [5.74, 6) is 3.07. The molecule has 3 aliphatic rings. The number of aryl methyl sites for hydroxylation is 1. The number of pyridine rings is 2. The first-order valence-corrected chi connectivity index (χ1v) is 12.8. The first-order valence-electron chi connectivity index (χ1n) is 12.8. The first-order chi connectivity index (χ1) is 17.1. The van der Waals surface area contributed by atoms with E-state index < -0.39 is 0 Å². The fraction of sp³-hybridized carbons (Fsp3) is 0.400. The zero-order valence-electron chi connectivity index (χ0n) is 20.8. The lowest BCUT2D eigenvalue weighted by Crippen LogP contribution is -2.56. The molecule has 5 nitrogen and oxygen atoms in total. The van der Waals surface area contributed by atoms with Crippen LogP contribution in [0.5, 0.6) is 11.6 Å². The van der Waals surface area contributed by atoms with Gasteiger partial charge >= 0.3 is 0 Å². The van der Waals surface area contributed by atoms with Crippen molar-refractivity contribution in [1.29, 1.82) is 0 Å². The molecule has 3 saturated heterocycles. The molecule has 3 fully saturated rings. The predicted octanol–water partition coefficient (Wildman–Crippen LogP) is 6.34. The molecule has 35 heavy (non-hydrogen) atoms. The van der Waals surface area contributed by atoms with Gasteiger partial charge in [0, 0.05) is 35.1 Å². The third-order valence-corrected chi connectivity index (χ3v) is 8.25. The quantitative estimate of drug-likeness (QED) is 0.331. The molecule has 2 aromatic heterocycles. The van der Waals surface area contributed by atoms with Crippen molar-refractivity contribution in [3.05, 3.63) is 71.9 Å². The number of rotatable bonds is 6. The van der Waals surface area contributed by atoms with Gasteiger partial charge in [0.05, 0.1) is 24.2 Å². The summed E-state index contributed by atoms with van der Waals surface area (Å²) in [5.41, 5.74) is 4.27. The van der Waals surface area contributed by atoms with E-state index in [0.717, 1.165) is 59.1 Å². The second-order valence-corrected chi connectivity index (χ2v) is 10.1. The van der Waals surface area contributed by atoms with Crippen LogP contribution in [0.25, 0.3) is 21.8 Å². The number of benzene rings is 2. The highest BCUT2D eigenvalue weighted by molar-refractivity contribution is 5.84. The molecule has 5 heteroatoms. The Balaban J connectivity index is 1.46. The summed E-state index contributed by atoms with van der Waals surface area (Å²) in [7, 11) is 1.71. The van der Waals surface area contributed by atoms with Crippen LogP contribution >= 0.6 is 0 Å². The van der Waals surface area contributed by atoms with Gasteiger partial charge in [-0.25, -0.2) is 4.98 Å². The maximum atomic E-state index is 6.91. The second-order valence-electron chi connectivity index (χ2n) is 10.1. The van der Waals surface area contributed by atoms with E-state index in [1.54, 1.807) is 7.11 Å². The molecule has 3 aliphatic heterocycles. The van der Waals surface area contributed by atoms with Gasteiger partial charge in [0.15, 0.2) is 0 Å². The largest absolute Gasteiger partial charge is 0.497 e. The number of fused-ring (bicyclic) bond motifs is 5. The standard InChI is InChI=1S/C30H33N3O2/c1-4-20-18-33-14-12-21(20)16-28(33)30(24-11-13-31-26-10-9-22(34-3)17-25(24)26)35-29-15-19(2)23-7-5-6-8-27(23)32-29/h5-11,13,15,17,20-21,28,30H,4,12,14,16,18H2,1-3H3/t20-,21+,28-,30-/m1/s1. The van der Waals surface area contributed by atoms with E-state index in [0.29, 0.717) is 11.9 Å². The molecule has 0 aliphatic carbocycles. The Hall–Kier alpha value is -3.18.